The first-order chi connectivity index (χ1) is 22.9. The van der Waals surface area contributed by atoms with Crippen LogP contribution in [0.4, 0.5) is 5.95 Å². The van der Waals surface area contributed by atoms with Crippen LogP contribution in [0.3, 0.4) is 0 Å². The minimum Gasteiger partial charge on any atom is -0.497 e. The lowest BCUT2D eigenvalue weighted by atomic mass is 9.98. The van der Waals surface area contributed by atoms with Crippen molar-refractivity contribution < 1.29 is 14.3 Å². The smallest absolute Gasteiger partial charge is 0.270 e. The van der Waals surface area contributed by atoms with Gasteiger partial charge in [0.15, 0.2) is 0 Å². The number of anilines is 1. The number of aryl methyl sites for hydroxylation is 2. The third kappa shape index (κ3) is 7.04. The molecule has 0 saturated carbocycles. The van der Waals surface area contributed by atoms with Crippen molar-refractivity contribution in [1.29, 1.82) is 0 Å². The number of tetrazole rings is 1. The Bertz CT molecular complexity index is 2020. The summed E-state index contributed by atoms with van der Waals surface area (Å²) in [6.45, 7) is 5.24. The number of rotatable bonds is 12. The molecular weight excluding hydrogens is 592 g/mol. The van der Waals surface area contributed by atoms with E-state index in [4.69, 9.17) is 9.72 Å². The summed E-state index contributed by atoms with van der Waals surface area (Å²) in [6.07, 6.45) is 2.46. The molecule has 0 saturated heterocycles. The fraction of sp³-hybridized carbons (Fsp3) is 0.222. The first-order valence-corrected chi connectivity index (χ1v) is 15.6. The number of hydrogen-bond acceptors (Lipinski definition) is 7. The maximum atomic E-state index is 13.3. The maximum Gasteiger partial charge on any atom is 0.270 e. The predicted octanol–water partition coefficient (Wildman–Crippen LogP) is 5.76. The first kappa shape index (κ1) is 31.2. The lowest BCUT2D eigenvalue weighted by Crippen LogP contribution is -2.25. The van der Waals surface area contributed by atoms with Crippen molar-refractivity contribution in [2.24, 2.45) is 0 Å². The van der Waals surface area contributed by atoms with Crippen molar-refractivity contribution in [3.8, 4) is 16.9 Å². The zero-order valence-corrected chi connectivity index (χ0v) is 26.6. The van der Waals surface area contributed by atoms with Gasteiger partial charge in [0, 0.05) is 30.6 Å². The van der Waals surface area contributed by atoms with Crippen LogP contribution >= 0.6 is 0 Å². The van der Waals surface area contributed by atoms with Gasteiger partial charge in [0.05, 0.1) is 18.1 Å². The lowest BCUT2D eigenvalue weighted by molar-refractivity contribution is 0.0953. The standard InChI is InChI=1S/C36H36N8O3/c1-4-8-32-38-33-23(2)19-27(34(45)37-18-17-24-9-7-10-28(20-24)47-3)21-31(33)44(32)22-25-13-15-26(16-14-25)29-11-5-6-12-30(29)35(46)39-36-40-42-43-41-36/h5-7,9-16,19-21H,4,8,17-18,22H2,1-3H3,(H,37,45)(H2,39,40,41,42,43,46). The van der Waals surface area contributed by atoms with Crippen molar-refractivity contribution >= 4 is 28.8 Å². The number of nitrogens with one attached hydrogen (secondary N) is 3. The Labute approximate surface area is 272 Å². The van der Waals surface area contributed by atoms with Gasteiger partial charge < -0.3 is 14.6 Å². The summed E-state index contributed by atoms with van der Waals surface area (Å²) in [5.74, 6) is 1.45. The van der Waals surface area contributed by atoms with Crippen LogP contribution in [-0.2, 0) is 19.4 Å². The summed E-state index contributed by atoms with van der Waals surface area (Å²) in [6, 6.07) is 27.3. The number of imidazole rings is 1. The number of aromatic nitrogens is 6. The zero-order valence-electron chi connectivity index (χ0n) is 26.6. The van der Waals surface area contributed by atoms with Gasteiger partial charge >= 0.3 is 0 Å². The van der Waals surface area contributed by atoms with E-state index in [1.165, 1.54) is 0 Å². The van der Waals surface area contributed by atoms with Crippen LogP contribution in [0.5, 0.6) is 5.75 Å². The molecule has 4 aromatic carbocycles. The second kappa shape index (κ2) is 14.1. The molecule has 2 heterocycles. The average Bonchev–Trinajstić information content (AvgIpc) is 3.73. The molecular formula is C36H36N8O3. The van der Waals surface area contributed by atoms with E-state index in [0.717, 1.165) is 63.3 Å². The molecule has 2 aromatic heterocycles. The van der Waals surface area contributed by atoms with Crippen LogP contribution in [-0.4, -0.2) is 55.6 Å². The quantitative estimate of drug-likeness (QED) is 0.157. The highest BCUT2D eigenvalue weighted by molar-refractivity contribution is 6.08. The van der Waals surface area contributed by atoms with E-state index in [-0.39, 0.29) is 17.8 Å². The van der Waals surface area contributed by atoms with Crippen molar-refractivity contribution in [3.63, 3.8) is 0 Å². The topological polar surface area (TPSA) is 140 Å². The van der Waals surface area contributed by atoms with E-state index >= 15 is 0 Å². The molecule has 6 rings (SSSR count). The van der Waals surface area contributed by atoms with E-state index in [0.29, 0.717) is 30.6 Å². The minimum atomic E-state index is -0.323. The number of H-pyrrole nitrogens is 1. The second-order valence-electron chi connectivity index (χ2n) is 11.3. The molecule has 6 aromatic rings. The Balaban J connectivity index is 1.22. The van der Waals surface area contributed by atoms with Gasteiger partial charge in [-0.3, -0.25) is 14.9 Å². The Kier molecular flexibility index (Phi) is 9.33. The van der Waals surface area contributed by atoms with E-state index < -0.39 is 0 Å². The van der Waals surface area contributed by atoms with Gasteiger partial charge in [0.25, 0.3) is 17.8 Å². The SMILES string of the molecule is CCCc1nc2c(C)cc(C(=O)NCCc3cccc(OC)c3)cc2n1Cc1ccc(-c2ccccc2C(=O)Nc2nn[nH]n2)cc1. The fourth-order valence-corrected chi connectivity index (χ4v) is 5.70. The molecule has 0 atom stereocenters. The Hall–Kier alpha value is -5.84. The molecule has 0 bridgehead atoms. The summed E-state index contributed by atoms with van der Waals surface area (Å²) in [5.41, 5.74) is 7.76. The Morgan fingerprint density at radius 3 is 2.51 bits per heavy atom. The van der Waals surface area contributed by atoms with E-state index in [1.54, 1.807) is 13.2 Å². The highest BCUT2D eigenvalue weighted by atomic mass is 16.5. The molecule has 47 heavy (non-hydrogen) atoms. The van der Waals surface area contributed by atoms with E-state index in [9.17, 15) is 9.59 Å². The van der Waals surface area contributed by atoms with Gasteiger partial charge in [-0.05, 0) is 83.1 Å². The summed E-state index contributed by atoms with van der Waals surface area (Å²) < 4.78 is 7.53. The fourth-order valence-electron chi connectivity index (χ4n) is 5.70. The molecule has 0 aliphatic rings. The molecule has 0 radical (unpaired) electrons. The van der Waals surface area contributed by atoms with E-state index in [2.05, 4.69) is 54.9 Å². The number of carbonyl (C=O) groups is 2. The molecule has 11 nitrogen and oxygen atoms in total. The van der Waals surface area contributed by atoms with Crippen LogP contribution < -0.4 is 15.4 Å². The van der Waals surface area contributed by atoms with Crippen LogP contribution in [0, 0.1) is 6.92 Å². The molecule has 238 valence electrons. The number of fused-ring (bicyclic) bond motifs is 1. The zero-order chi connectivity index (χ0) is 32.8. The molecule has 0 aliphatic carbocycles. The van der Waals surface area contributed by atoms with Crippen molar-refractivity contribution in [3.05, 3.63) is 119 Å². The normalized spacial score (nSPS) is 11.0. The number of nitrogens with zero attached hydrogens (tertiary/aromatic N) is 5. The molecule has 0 unspecified atom stereocenters. The number of methoxy groups -OCH3 is 1. The summed E-state index contributed by atoms with van der Waals surface area (Å²) in [4.78, 5) is 31.3. The number of carbonyl (C=O) groups excluding carboxylic acids is 2. The molecule has 0 aliphatic heterocycles. The van der Waals surface area contributed by atoms with Crippen LogP contribution in [0.2, 0.25) is 0 Å². The van der Waals surface area contributed by atoms with Gasteiger partial charge in [0.2, 0.25) is 0 Å². The predicted molar refractivity (Wildman–Crippen MR) is 181 cm³/mol. The second-order valence-corrected chi connectivity index (χ2v) is 11.3. The number of aromatic amines is 1. The Morgan fingerprint density at radius 2 is 1.74 bits per heavy atom. The van der Waals surface area contributed by atoms with E-state index in [1.807, 2.05) is 73.7 Å². The molecule has 11 heteroatoms. The lowest BCUT2D eigenvalue weighted by Gasteiger charge is -2.12. The number of amides is 2. The highest BCUT2D eigenvalue weighted by Crippen LogP contribution is 2.27. The van der Waals surface area contributed by atoms with Gasteiger partial charge in [0.1, 0.15) is 11.6 Å². The number of hydrogen-bond donors (Lipinski definition) is 3. The third-order valence-electron chi connectivity index (χ3n) is 8.04. The maximum absolute atomic E-state index is 13.3. The monoisotopic (exact) mass is 628 g/mol. The van der Waals surface area contributed by atoms with Crippen molar-refractivity contribution in [2.75, 3.05) is 19.0 Å². The van der Waals surface area contributed by atoms with Gasteiger partial charge in [-0.15, -0.1) is 5.10 Å². The Morgan fingerprint density at radius 1 is 0.915 bits per heavy atom. The summed E-state index contributed by atoms with van der Waals surface area (Å²) >= 11 is 0. The molecule has 0 spiro atoms. The van der Waals surface area contributed by atoms with Crippen LogP contribution in [0.1, 0.15) is 56.6 Å². The van der Waals surface area contributed by atoms with Crippen LogP contribution in [0.15, 0.2) is 84.9 Å². The number of benzene rings is 4. The van der Waals surface area contributed by atoms with Crippen molar-refractivity contribution in [1.82, 2.24) is 35.5 Å². The van der Waals surface area contributed by atoms with Crippen molar-refractivity contribution in [2.45, 2.75) is 39.7 Å². The molecule has 0 fully saturated rings. The largest absolute Gasteiger partial charge is 0.497 e. The molecule has 2 amide bonds. The minimum absolute atomic E-state index is 0.111. The molecule has 3 N–H and O–H groups in total. The van der Waals surface area contributed by atoms with Crippen LogP contribution in [0.25, 0.3) is 22.2 Å². The average molecular weight is 629 g/mol. The summed E-state index contributed by atoms with van der Waals surface area (Å²) in [7, 11) is 1.65. The van der Waals surface area contributed by atoms with Gasteiger partial charge in [-0.25, -0.2) is 4.98 Å². The van der Waals surface area contributed by atoms with Gasteiger partial charge in [-0.2, -0.15) is 5.21 Å². The first-order valence-electron chi connectivity index (χ1n) is 15.6. The van der Waals surface area contributed by atoms with Gasteiger partial charge in [-0.1, -0.05) is 66.6 Å². The third-order valence-corrected chi connectivity index (χ3v) is 8.04. The summed E-state index contributed by atoms with van der Waals surface area (Å²) in [5, 5.41) is 19.2. The highest BCUT2D eigenvalue weighted by Gasteiger charge is 2.18. The number of ether oxygens (including phenoxy) is 1.